The Labute approximate surface area is 465 Å². The summed E-state index contributed by atoms with van der Waals surface area (Å²) in [5.41, 5.74) is 27.7. The number of nitrogens with zero attached hydrogens (tertiary/aromatic N) is 2. The molecular formula is C74H77BN2O. The molecule has 14 rings (SSSR count). The zero-order valence-electron chi connectivity index (χ0n) is 48.6. The molecule has 3 atom stereocenters. The van der Waals surface area contributed by atoms with Gasteiger partial charge in [0.2, 0.25) is 0 Å². The molecule has 0 saturated heterocycles. The van der Waals surface area contributed by atoms with Crippen molar-refractivity contribution < 1.29 is 4.42 Å². The summed E-state index contributed by atoms with van der Waals surface area (Å²) in [6.45, 7) is 31.8. The topological polar surface area (TPSA) is 19.6 Å². The summed E-state index contributed by atoms with van der Waals surface area (Å²) in [7, 11) is 0. The Kier molecular flexibility index (Phi) is 10.6. The van der Waals surface area contributed by atoms with Gasteiger partial charge in [-0.1, -0.05) is 198 Å². The number of fused-ring (bicyclic) bond motifs is 11. The molecule has 8 aromatic carbocycles. The molecule has 0 radical (unpaired) electrons. The molecule has 9 aromatic rings. The first-order chi connectivity index (χ1) is 37.1. The van der Waals surface area contributed by atoms with Crippen molar-refractivity contribution in [3.05, 3.63) is 202 Å². The molecule has 0 N–H and O–H groups in total. The van der Waals surface area contributed by atoms with Crippen molar-refractivity contribution >= 4 is 73.5 Å². The quantitative estimate of drug-likeness (QED) is 0.127. The lowest BCUT2D eigenvalue weighted by Crippen LogP contribution is -2.64. The molecule has 0 bridgehead atoms. The van der Waals surface area contributed by atoms with Crippen LogP contribution in [0.25, 0.3) is 33.1 Å². The van der Waals surface area contributed by atoms with E-state index in [1.54, 1.807) is 5.56 Å². The van der Waals surface area contributed by atoms with E-state index in [0.29, 0.717) is 0 Å². The first-order valence-electron chi connectivity index (χ1n) is 29.4. The maximum Gasteiger partial charge on any atom is 0.252 e. The number of rotatable bonds is 5. The predicted octanol–water partition coefficient (Wildman–Crippen LogP) is 18.0. The Balaban J connectivity index is 1.12. The van der Waals surface area contributed by atoms with Crippen molar-refractivity contribution in [2.45, 2.75) is 167 Å². The fourth-order valence-corrected chi connectivity index (χ4v) is 15.8. The Morgan fingerprint density at radius 3 is 1.91 bits per heavy atom. The van der Waals surface area contributed by atoms with Crippen LogP contribution >= 0.6 is 0 Å². The van der Waals surface area contributed by atoms with Crippen molar-refractivity contribution in [2.24, 2.45) is 0 Å². The zero-order valence-corrected chi connectivity index (χ0v) is 48.6. The van der Waals surface area contributed by atoms with Crippen molar-refractivity contribution in [3.63, 3.8) is 0 Å². The van der Waals surface area contributed by atoms with E-state index in [9.17, 15) is 0 Å². The molecule has 1 fully saturated rings. The van der Waals surface area contributed by atoms with Crippen LogP contribution < -0.4 is 26.2 Å². The highest BCUT2D eigenvalue weighted by molar-refractivity contribution is 7.00. The van der Waals surface area contributed by atoms with Gasteiger partial charge in [-0.05, 0) is 176 Å². The molecule has 3 nitrogen and oxygen atoms in total. The predicted molar refractivity (Wildman–Crippen MR) is 333 cm³/mol. The zero-order chi connectivity index (χ0) is 54.2. The Bertz CT molecular complexity index is 3950. The van der Waals surface area contributed by atoms with E-state index in [4.69, 9.17) is 4.42 Å². The first-order valence-corrected chi connectivity index (χ1v) is 29.4. The minimum Gasteiger partial charge on any atom is -0.456 e. The molecule has 0 spiro atoms. The molecule has 1 saturated carbocycles. The molecule has 3 aliphatic heterocycles. The van der Waals surface area contributed by atoms with E-state index in [1.807, 2.05) is 0 Å². The average Bonchev–Trinajstić information content (AvgIpc) is 2.40. The number of para-hydroxylation sites is 1. The third-order valence-electron chi connectivity index (χ3n) is 20.5. The lowest BCUT2D eigenvalue weighted by atomic mass is 9.33. The summed E-state index contributed by atoms with van der Waals surface area (Å²) < 4.78 is 6.70. The van der Waals surface area contributed by atoms with Crippen LogP contribution in [-0.2, 0) is 27.1 Å². The molecule has 4 heterocycles. The van der Waals surface area contributed by atoms with Crippen molar-refractivity contribution in [3.8, 4) is 11.1 Å². The number of hydrogen-bond acceptors (Lipinski definition) is 3. The molecular weight excluding hydrogens is 944 g/mol. The fraction of sp³-hybridized carbons (Fsp3) is 0.351. The number of anilines is 5. The van der Waals surface area contributed by atoms with Crippen LogP contribution in [0.3, 0.4) is 0 Å². The SMILES string of the molecule is Cc1cc2c3c(c1)N1c4c(cc(C(C)(C)C)cc4C4(C)CCCCC14C)B3c1ccc(C(c3ccc(C(C)(C)C)cc3)c3cccc4oc5ccccc5c34)cc1N2c1cc2c(cc1-c1ccccc1)C(C)(C)CCC2(C)C. The van der Waals surface area contributed by atoms with E-state index < -0.39 is 0 Å². The van der Waals surface area contributed by atoms with Crippen LogP contribution in [0.1, 0.15) is 178 Å². The highest BCUT2D eigenvalue weighted by Crippen LogP contribution is 2.63. The molecule has 78 heavy (non-hydrogen) atoms. The van der Waals surface area contributed by atoms with Gasteiger partial charge in [-0.3, -0.25) is 0 Å². The normalized spacial score (nSPS) is 21.0. The highest BCUT2D eigenvalue weighted by Gasteiger charge is 2.62. The monoisotopic (exact) mass is 1020 g/mol. The maximum atomic E-state index is 6.70. The molecule has 1 aromatic heterocycles. The van der Waals surface area contributed by atoms with Crippen molar-refractivity contribution in [1.29, 1.82) is 0 Å². The van der Waals surface area contributed by atoms with Crippen LogP contribution in [0.15, 0.2) is 156 Å². The summed E-state index contributed by atoms with van der Waals surface area (Å²) in [5, 5.41) is 2.35. The smallest absolute Gasteiger partial charge is 0.252 e. The maximum absolute atomic E-state index is 6.70. The number of benzene rings is 8. The fourth-order valence-electron chi connectivity index (χ4n) is 15.8. The molecule has 392 valence electrons. The highest BCUT2D eigenvalue weighted by atomic mass is 16.3. The number of aryl methyl sites for hydroxylation is 1. The Morgan fingerprint density at radius 1 is 0.526 bits per heavy atom. The van der Waals surface area contributed by atoms with Gasteiger partial charge in [0.15, 0.2) is 0 Å². The van der Waals surface area contributed by atoms with Gasteiger partial charge in [-0.2, -0.15) is 0 Å². The summed E-state index contributed by atoms with van der Waals surface area (Å²) in [6, 6.07) is 59.7. The molecule has 4 heteroatoms. The lowest BCUT2D eigenvalue weighted by molar-refractivity contribution is 0.195. The minimum absolute atomic E-state index is 0.00150. The minimum atomic E-state index is -0.0967. The third kappa shape index (κ3) is 7.02. The molecule has 5 aliphatic rings. The average molecular weight is 1020 g/mol. The van der Waals surface area contributed by atoms with E-state index in [-0.39, 0.29) is 45.2 Å². The van der Waals surface area contributed by atoms with Crippen LogP contribution in [0, 0.1) is 6.92 Å². The van der Waals surface area contributed by atoms with Gasteiger partial charge < -0.3 is 14.2 Å². The van der Waals surface area contributed by atoms with Gasteiger partial charge in [0.1, 0.15) is 11.2 Å². The summed E-state index contributed by atoms with van der Waals surface area (Å²) in [5.74, 6) is -0.0967. The summed E-state index contributed by atoms with van der Waals surface area (Å²) >= 11 is 0. The van der Waals surface area contributed by atoms with E-state index in [0.717, 1.165) is 29.4 Å². The van der Waals surface area contributed by atoms with Gasteiger partial charge in [-0.25, -0.2) is 0 Å². The van der Waals surface area contributed by atoms with Gasteiger partial charge >= 0.3 is 0 Å². The largest absolute Gasteiger partial charge is 0.456 e. The second-order valence-corrected chi connectivity index (χ2v) is 28.3. The van der Waals surface area contributed by atoms with Gasteiger partial charge in [0.25, 0.3) is 6.71 Å². The standard InChI is InChI=1S/C74H77BN2O/c1-45-38-61-67-62(39-45)77-68-56(73(12)34-19-20-35-74(73,77)13)41-50(70(5,6)7)42-58(68)75(67)57-33-30-48(40-60(57)76(61)59-44-55-54(71(8,9)36-37-72(55,10)11)43-53(59)46-22-15-14-16-23-46)65(47-28-31-49(32-29-47)69(2,3)4)52-25-21-27-64-66(52)51-24-17-18-26-63(51)78-64/h14-18,21-33,38-44,65H,19-20,34-37H2,1-13H3. The molecule has 0 amide bonds. The second-order valence-electron chi connectivity index (χ2n) is 28.3. The molecule has 3 unspecified atom stereocenters. The van der Waals surface area contributed by atoms with Crippen molar-refractivity contribution in [2.75, 3.05) is 9.80 Å². The van der Waals surface area contributed by atoms with Crippen LogP contribution in [-0.4, -0.2) is 12.3 Å². The van der Waals surface area contributed by atoms with Gasteiger partial charge in [-0.15, -0.1) is 0 Å². The Morgan fingerprint density at radius 2 is 1.18 bits per heavy atom. The Hall–Kier alpha value is -6.78. The van der Waals surface area contributed by atoms with E-state index >= 15 is 0 Å². The lowest BCUT2D eigenvalue weighted by Gasteiger charge is -2.53. The van der Waals surface area contributed by atoms with E-state index in [1.165, 1.54) is 132 Å². The van der Waals surface area contributed by atoms with Crippen LogP contribution in [0.5, 0.6) is 0 Å². The number of hydrogen-bond donors (Lipinski definition) is 0. The summed E-state index contributed by atoms with van der Waals surface area (Å²) in [4.78, 5) is 5.68. The first kappa shape index (κ1) is 49.5. The number of furan rings is 1. The van der Waals surface area contributed by atoms with Crippen molar-refractivity contribution in [1.82, 2.24) is 0 Å². The van der Waals surface area contributed by atoms with Crippen LogP contribution in [0.4, 0.5) is 28.4 Å². The third-order valence-corrected chi connectivity index (χ3v) is 20.5. The molecule has 2 aliphatic carbocycles. The van der Waals surface area contributed by atoms with E-state index in [2.05, 4.69) is 251 Å². The second kappa shape index (κ2) is 16.6. The summed E-state index contributed by atoms with van der Waals surface area (Å²) in [6.07, 6.45) is 7.18. The van der Waals surface area contributed by atoms with Gasteiger partial charge in [0.05, 0.1) is 11.2 Å². The van der Waals surface area contributed by atoms with Crippen LogP contribution in [0.2, 0.25) is 0 Å². The van der Waals surface area contributed by atoms with Gasteiger partial charge in [0, 0.05) is 50.4 Å².